The fourth-order valence-corrected chi connectivity index (χ4v) is 1.87. The first-order valence-corrected chi connectivity index (χ1v) is 6.17. The molecule has 19 heavy (non-hydrogen) atoms. The Hall–Kier alpha value is -2.36. The van der Waals surface area contributed by atoms with E-state index >= 15 is 0 Å². The van der Waals surface area contributed by atoms with Gasteiger partial charge in [-0.1, -0.05) is 24.3 Å². The predicted octanol–water partition coefficient (Wildman–Crippen LogP) is 2.36. The Morgan fingerprint density at radius 2 is 2.05 bits per heavy atom. The summed E-state index contributed by atoms with van der Waals surface area (Å²) < 4.78 is 0. The number of rotatable bonds is 4. The van der Waals surface area contributed by atoms with Crippen molar-refractivity contribution < 1.29 is 4.79 Å². The molecule has 0 atom stereocenters. The van der Waals surface area contributed by atoms with Crippen LogP contribution < -0.4 is 10.6 Å². The van der Waals surface area contributed by atoms with Gasteiger partial charge in [-0.15, -0.1) is 0 Å². The van der Waals surface area contributed by atoms with Crippen molar-refractivity contribution in [2.24, 2.45) is 0 Å². The zero-order valence-corrected chi connectivity index (χ0v) is 11.1. The van der Waals surface area contributed by atoms with Crippen LogP contribution in [0.25, 0.3) is 0 Å². The second kappa shape index (κ2) is 6.00. The molecule has 1 aromatic carbocycles. The first-order chi connectivity index (χ1) is 9.22. The Morgan fingerprint density at radius 1 is 1.26 bits per heavy atom. The van der Waals surface area contributed by atoms with Crippen molar-refractivity contribution in [3.63, 3.8) is 0 Å². The Morgan fingerprint density at radius 3 is 2.79 bits per heavy atom. The van der Waals surface area contributed by atoms with Crippen LogP contribution >= 0.6 is 0 Å². The fraction of sp³-hybridized carbons (Fsp3) is 0.200. The third-order valence-corrected chi connectivity index (χ3v) is 3.04. The molecule has 0 saturated heterocycles. The summed E-state index contributed by atoms with van der Waals surface area (Å²) in [6.07, 6.45) is 3.23. The van der Waals surface area contributed by atoms with Crippen molar-refractivity contribution in [1.82, 2.24) is 10.3 Å². The zero-order chi connectivity index (χ0) is 13.7. The number of aromatic nitrogens is 1. The fourth-order valence-electron chi connectivity index (χ4n) is 1.87. The van der Waals surface area contributed by atoms with Crippen molar-refractivity contribution in [1.29, 1.82) is 0 Å². The van der Waals surface area contributed by atoms with Gasteiger partial charge < -0.3 is 10.6 Å². The maximum absolute atomic E-state index is 12.1. The van der Waals surface area contributed by atoms with Gasteiger partial charge in [0.05, 0.1) is 5.56 Å². The third-order valence-electron chi connectivity index (χ3n) is 3.04. The standard InChI is InChI=1S/C15H17N3O/c1-11-5-3-4-6-12(11)9-18-15(19)13-10-17-8-7-14(13)16-2/h3-8,10H,9H2,1-2H3,(H,16,17)(H,18,19). The van der Waals surface area contributed by atoms with Crippen LogP contribution in [0.2, 0.25) is 0 Å². The quantitative estimate of drug-likeness (QED) is 0.881. The van der Waals surface area contributed by atoms with Crippen molar-refractivity contribution in [2.45, 2.75) is 13.5 Å². The van der Waals surface area contributed by atoms with Crippen LogP contribution in [0.1, 0.15) is 21.5 Å². The molecule has 0 spiro atoms. The lowest BCUT2D eigenvalue weighted by molar-refractivity contribution is 0.0951. The molecule has 0 radical (unpaired) electrons. The molecule has 2 N–H and O–H groups in total. The van der Waals surface area contributed by atoms with Crippen LogP contribution in [0, 0.1) is 6.92 Å². The maximum Gasteiger partial charge on any atom is 0.255 e. The first-order valence-electron chi connectivity index (χ1n) is 6.17. The molecule has 0 fully saturated rings. The van der Waals surface area contributed by atoms with Gasteiger partial charge in [-0.2, -0.15) is 0 Å². The van der Waals surface area contributed by atoms with Gasteiger partial charge in [0.1, 0.15) is 0 Å². The number of nitrogens with zero attached hydrogens (tertiary/aromatic N) is 1. The van der Waals surface area contributed by atoms with E-state index in [0.717, 1.165) is 11.3 Å². The van der Waals surface area contributed by atoms with Gasteiger partial charge in [0, 0.05) is 31.7 Å². The summed E-state index contributed by atoms with van der Waals surface area (Å²) in [7, 11) is 1.79. The van der Waals surface area contributed by atoms with Crippen LogP contribution in [-0.2, 0) is 6.54 Å². The average molecular weight is 255 g/mol. The number of nitrogens with one attached hydrogen (secondary N) is 2. The van der Waals surface area contributed by atoms with E-state index in [1.807, 2.05) is 31.2 Å². The van der Waals surface area contributed by atoms with E-state index in [9.17, 15) is 4.79 Å². The molecule has 98 valence electrons. The summed E-state index contributed by atoms with van der Waals surface area (Å²) in [6, 6.07) is 9.78. The molecular weight excluding hydrogens is 238 g/mol. The van der Waals surface area contributed by atoms with Crippen molar-refractivity contribution in [2.75, 3.05) is 12.4 Å². The summed E-state index contributed by atoms with van der Waals surface area (Å²) in [5, 5.41) is 5.90. The van der Waals surface area contributed by atoms with E-state index in [2.05, 4.69) is 15.6 Å². The number of carbonyl (C=O) groups is 1. The molecule has 2 aromatic rings. The van der Waals surface area contributed by atoms with E-state index in [1.54, 1.807) is 25.5 Å². The highest BCUT2D eigenvalue weighted by atomic mass is 16.1. The number of pyridine rings is 1. The van der Waals surface area contributed by atoms with E-state index in [-0.39, 0.29) is 5.91 Å². The summed E-state index contributed by atoms with van der Waals surface area (Å²) in [6.45, 7) is 2.55. The summed E-state index contributed by atoms with van der Waals surface area (Å²) in [5.41, 5.74) is 3.62. The average Bonchev–Trinajstić information content (AvgIpc) is 2.46. The molecule has 2 rings (SSSR count). The van der Waals surface area contributed by atoms with Crippen molar-refractivity contribution >= 4 is 11.6 Å². The molecule has 0 unspecified atom stereocenters. The topological polar surface area (TPSA) is 54.0 Å². The number of carbonyl (C=O) groups excluding carboxylic acids is 1. The van der Waals surface area contributed by atoms with Crippen LogP contribution in [0.3, 0.4) is 0 Å². The molecule has 1 amide bonds. The molecule has 0 aliphatic heterocycles. The van der Waals surface area contributed by atoms with Gasteiger partial charge in [0.25, 0.3) is 5.91 Å². The monoisotopic (exact) mass is 255 g/mol. The number of hydrogen-bond acceptors (Lipinski definition) is 3. The van der Waals surface area contributed by atoms with Gasteiger partial charge >= 0.3 is 0 Å². The van der Waals surface area contributed by atoms with Crippen LogP contribution in [0.15, 0.2) is 42.7 Å². The van der Waals surface area contributed by atoms with Gasteiger partial charge in [-0.25, -0.2) is 0 Å². The minimum absolute atomic E-state index is 0.124. The lowest BCUT2D eigenvalue weighted by Crippen LogP contribution is -2.24. The molecule has 4 nitrogen and oxygen atoms in total. The highest BCUT2D eigenvalue weighted by molar-refractivity contribution is 5.99. The van der Waals surface area contributed by atoms with Crippen LogP contribution in [-0.4, -0.2) is 17.9 Å². The van der Waals surface area contributed by atoms with Crippen LogP contribution in [0.5, 0.6) is 0 Å². The highest BCUT2D eigenvalue weighted by Crippen LogP contribution is 2.13. The normalized spacial score (nSPS) is 10.0. The summed E-state index contributed by atoms with van der Waals surface area (Å²) in [4.78, 5) is 16.1. The Bertz CT molecular complexity index is 581. The highest BCUT2D eigenvalue weighted by Gasteiger charge is 2.10. The van der Waals surface area contributed by atoms with E-state index in [1.165, 1.54) is 5.56 Å². The minimum atomic E-state index is -0.124. The number of aryl methyl sites for hydroxylation is 1. The summed E-state index contributed by atoms with van der Waals surface area (Å²) in [5.74, 6) is -0.124. The first kappa shape index (κ1) is 13.1. The van der Waals surface area contributed by atoms with E-state index in [0.29, 0.717) is 12.1 Å². The Kier molecular flexibility index (Phi) is 4.13. The van der Waals surface area contributed by atoms with Crippen molar-refractivity contribution in [3.05, 3.63) is 59.4 Å². The molecular formula is C15H17N3O. The Balaban J connectivity index is 2.08. The zero-order valence-electron chi connectivity index (χ0n) is 11.1. The smallest absolute Gasteiger partial charge is 0.255 e. The number of benzene rings is 1. The van der Waals surface area contributed by atoms with Crippen molar-refractivity contribution in [3.8, 4) is 0 Å². The largest absolute Gasteiger partial charge is 0.387 e. The van der Waals surface area contributed by atoms with Gasteiger partial charge in [0.2, 0.25) is 0 Å². The molecule has 1 heterocycles. The number of amides is 1. The second-order valence-electron chi connectivity index (χ2n) is 4.28. The Labute approximate surface area is 112 Å². The minimum Gasteiger partial charge on any atom is -0.387 e. The lowest BCUT2D eigenvalue weighted by Gasteiger charge is -2.10. The lowest BCUT2D eigenvalue weighted by atomic mass is 10.1. The molecule has 1 aromatic heterocycles. The van der Waals surface area contributed by atoms with Crippen LogP contribution in [0.4, 0.5) is 5.69 Å². The molecule has 0 bridgehead atoms. The molecule has 4 heteroatoms. The SMILES string of the molecule is CNc1ccncc1C(=O)NCc1ccccc1C. The predicted molar refractivity (Wildman–Crippen MR) is 76.1 cm³/mol. The number of hydrogen-bond donors (Lipinski definition) is 2. The molecule has 0 saturated carbocycles. The van der Waals surface area contributed by atoms with E-state index < -0.39 is 0 Å². The van der Waals surface area contributed by atoms with Gasteiger partial charge in [0.15, 0.2) is 0 Å². The molecule has 0 aliphatic rings. The summed E-state index contributed by atoms with van der Waals surface area (Å²) >= 11 is 0. The second-order valence-corrected chi connectivity index (χ2v) is 4.28. The molecule has 0 aliphatic carbocycles. The van der Waals surface area contributed by atoms with E-state index in [4.69, 9.17) is 0 Å². The third kappa shape index (κ3) is 3.10. The maximum atomic E-state index is 12.1. The van der Waals surface area contributed by atoms with Gasteiger partial charge in [-0.05, 0) is 24.1 Å². The van der Waals surface area contributed by atoms with Gasteiger partial charge in [-0.3, -0.25) is 9.78 Å². The number of anilines is 1.